The second kappa shape index (κ2) is 4.99. The largest absolute Gasteiger partial charge is 0.367 e. The number of aryl methyl sites for hydroxylation is 1. The molecule has 1 aliphatic heterocycles. The average molecular weight is 243 g/mol. The fraction of sp³-hybridized carbons (Fsp3) is 0.533. The highest BCUT2D eigenvalue weighted by Gasteiger charge is 2.37. The molecule has 1 aromatic carbocycles. The predicted octanol–water partition coefficient (Wildman–Crippen LogP) is 2.78. The molecule has 0 amide bonds. The van der Waals surface area contributed by atoms with Crippen LogP contribution in [-0.2, 0) is 0 Å². The zero-order chi connectivity index (χ0) is 13.2. The van der Waals surface area contributed by atoms with Crippen molar-refractivity contribution < 1.29 is 0 Å². The van der Waals surface area contributed by atoms with Gasteiger partial charge in [-0.3, -0.25) is 0 Å². The van der Waals surface area contributed by atoms with Crippen LogP contribution < -0.4 is 5.32 Å². The lowest BCUT2D eigenvalue weighted by Crippen LogP contribution is -2.51. The first-order chi connectivity index (χ1) is 8.56. The van der Waals surface area contributed by atoms with E-state index in [1.807, 2.05) is 12.1 Å². The third-order valence-corrected chi connectivity index (χ3v) is 4.02. The maximum absolute atomic E-state index is 9.57. The van der Waals surface area contributed by atoms with E-state index in [9.17, 15) is 5.26 Å². The summed E-state index contributed by atoms with van der Waals surface area (Å²) < 4.78 is 0. The van der Waals surface area contributed by atoms with Crippen molar-refractivity contribution in [2.24, 2.45) is 0 Å². The van der Waals surface area contributed by atoms with E-state index < -0.39 is 5.54 Å². The van der Waals surface area contributed by atoms with E-state index in [1.54, 1.807) is 0 Å². The zero-order valence-corrected chi connectivity index (χ0v) is 11.4. The zero-order valence-electron chi connectivity index (χ0n) is 11.4. The summed E-state index contributed by atoms with van der Waals surface area (Å²) in [5, 5.41) is 13.0. The van der Waals surface area contributed by atoms with E-state index >= 15 is 0 Å². The first-order valence-electron chi connectivity index (χ1n) is 6.52. The third kappa shape index (κ3) is 2.49. The van der Waals surface area contributed by atoms with Crippen LogP contribution in [0.25, 0.3) is 0 Å². The molecule has 1 aromatic rings. The Labute approximate surface area is 109 Å². The minimum Gasteiger partial charge on any atom is -0.367 e. The number of hydrogen-bond acceptors (Lipinski definition) is 3. The van der Waals surface area contributed by atoms with Crippen LogP contribution in [0.2, 0.25) is 0 Å². The number of nitrogens with zero attached hydrogens (tertiary/aromatic N) is 2. The molecule has 0 bridgehead atoms. The molecule has 0 spiro atoms. The van der Waals surface area contributed by atoms with Gasteiger partial charge in [0.05, 0.1) is 6.07 Å². The molecule has 0 aliphatic carbocycles. The highest BCUT2D eigenvalue weighted by atomic mass is 15.2. The van der Waals surface area contributed by atoms with Crippen LogP contribution in [0.15, 0.2) is 24.3 Å². The summed E-state index contributed by atoms with van der Waals surface area (Å²) in [6.07, 6.45) is 1.74. The van der Waals surface area contributed by atoms with Crippen molar-refractivity contribution in [3.8, 4) is 6.07 Å². The summed E-state index contributed by atoms with van der Waals surface area (Å²) >= 11 is 0. The molecule has 1 saturated heterocycles. The second-order valence-corrected chi connectivity index (χ2v) is 5.42. The number of para-hydroxylation sites is 1. The summed E-state index contributed by atoms with van der Waals surface area (Å²) in [7, 11) is 2.12. The van der Waals surface area contributed by atoms with Crippen LogP contribution in [0.4, 0.5) is 5.69 Å². The number of hydrogen-bond donors (Lipinski definition) is 1. The smallest absolute Gasteiger partial charge is 0.128 e. The molecule has 1 N–H and O–H groups in total. The Morgan fingerprint density at radius 1 is 1.44 bits per heavy atom. The number of anilines is 1. The lowest BCUT2D eigenvalue weighted by atomic mass is 9.84. The monoisotopic (exact) mass is 243 g/mol. The Kier molecular flexibility index (Phi) is 3.58. The van der Waals surface area contributed by atoms with E-state index in [4.69, 9.17) is 0 Å². The minimum absolute atomic E-state index is 0.419. The molecule has 0 saturated carbocycles. The van der Waals surface area contributed by atoms with Crippen molar-refractivity contribution in [1.29, 1.82) is 5.26 Å². The van der Waals surface area contributed by atoms with E-state index in [0.29, 0.717) is 6.04 Å². The van der Waals surface area contributed by atoms with Crippen molar-refractivity contribution >= 4 is 5.69 Å². The van der Waals surface area contributed by atoms with Gasteiger partial charge in [0.1, 0.15) is 5.54 Å². The summed E-state index contributed by atoms with van der Waals surface area (Å²) in [5.74, 6) is 0. The Morgan fingerprint density at radius 2 is 2.17 bits per heavy atom. The van der Waals surface area contributed by atoms with Crippen molar-refractivity contribution in [3.05, 3.63) is 29.8 Å². The van der Waals surface area contributed by atoms with Crippen LogP contribution in [0.3, 0.4) is 0 Å². The standard InChI is InChI=1S/C15H21N3/c1-12-6-4-5-7-14(12)17-15(11-16)8-9-18(3)13(2)10-15/h4-7,13,17H,8-10H2,1-3H3. The van der Waals surface area contributed by atoms with Gasteiger partial charge in [-0.1, -0.05) is 18.2 Å². The molecular weight excluding hydrogens is 222 g/mol. The van der Waals surface area contributed by atoms with Gasteiger partial charge in [-0.05, 0) is 45.4 Å². The predicted molar refractivity (Wildman–Crippen MR) is 74.5 cm³/mol. The maximum Gasteiger partial charge on any atom is 0.128 e. The van der Waals surface area contributed by atoms with Gasteiger partial charge in [0.2, 0.25) is 0 Å². The van der Waals surface area contributed by atoms with Gasteiger partial charge >= 0.3 is 0 Å². The van der Waals surface area contributed by atoms with Crippen molar-refractivity contribution in [2.45, 2.75) is 38.3 Å². The van der Waals surface area contributed by atoms with E-state index in [-0.39, 0.29) is 0 Å². The second-order valence-electron chi connectivity index (χ2n) is 5.42. The van der Waals surface area contributed by atoms with E-state index in [2.05, 4.69) is 49.3 Å². The van der Waals surface area contributed by atoms with Crippen LogP contribution >= 0.6 is 0 Å². The molecule has 1 aliphatic rings. The lowest BCUT2D eigenvalue weighted by Gasteiger charge is -2.41. The van der Waals surface area contributed by atoms with Gasteiger partial charge in [0, 0.05) is 18.3 Å². The highest BCUT2D eigenvalue weighted by Crippen LogP contribution is 2.30. The number of piperidine rings is 1. The van der Waals surface area contributed by atoms with Gasteiger partial charge < -0.3 is 10.2 Å². The quantitative estimate of drug-likeness (QED) is 0.868. The maximum atomic E-state index is 9.57. The molecule has 1 heterocycles. The summed E-state index contributed by atoms with van der Waals surface area (Å²) in [6, 6.07) is 11.1. The molecule has 96 valence electrons. The Morgan fingerprint density at radius 3 is 2.78 bits per heavy atom. The topological polar surface area (TPSA) is 39.1 Å². The van der Waals surface area contributed by atoms with Crippen LogP contribution in [0.1, 0.15) is 25.3 Å². The number of nitriles is 1. The average Bonchev–Trinajstić information content (AvgIpc) is 2.37. The summed E-state index contributed by atoms with van der Waals surface area (Å²) in [6.45, 7) is 5.23. The van der Waals surface area contributed by atoms with E-state index in [0.717, 1.165) is 25.1 Å². The van der Waals surface area contributed by atoms with Crippen LogP contribution in [-0.4, -0.2) is 30.1 Å². The van der Waals surface area contributed by atoms with Gasteiger partial charge in [0.25, 0.3) is 0 Å². The first kappa shape index (κ1) is 12.9. The summed E-state index contributed by atoms with van der Waals surface area (Å²) in [4.78, 5) is 2.31. The fourth-order valence-electron chi connectivity index (χ4n) is 2.56. The molecule has 18 heavy (non-hydrogen) atoms. The molecule has 1 fully saturated rings. The van der Waals surface area contributed by atoms with Gasteiger partial charge in [-0.2, -0.15) is 5.26 Å². The molecule has 2 unspecified atom stereocenters. The number of likely N-dealkylation sites (tertiary alicyclic amines) is 1. The van der Waals surface area contributed by atoms with Gasteiger partial charge in [-0.25, -0.2) is 0 Å². The fourth-order valence-corrected chi connectivity index (χ4v) is 2.56. The molecule has 2 atom stereocenters. The molecule has 3 nitrogen and oxygen atoms in total. The Balaban J connectivity index is 2.20. The van der Waals surface area contributed by atoms with Crippen LogP contribution in [0, 0.1) is 18.3 Å². The third-order valence-electron chi connectivity index (χ3n) is 4.02. The van der Waals surface area contributed by atoms with Crippen molar-refractivity contribution in [1.82, 2.24) is 4.90 Å². The Hall–Kier alpha value is -1.53. The Bertz CT molecular complexity index is 463. The molecule has 2 rings (SSSR count). The first-order valence-corrected chi connectivity index (χ1v) is 6.52. The molecule has 3 heteroatoms. The van der Waals surface area contributed by atoms with Crippen molar-refractivity contribution in [2.75, 3.05) is 18.9 Å². The number of rotatable bonds is 2. The lowest BCUT2D eigenvalue weighted by molar-refractivity contribution is 0.167. The van der Waals surface area contributed by atoms with Crippen LogP contribution in [0.5, 0.6) is 0 Å². The molecule has 0 aromatic heterocycles. The van der Waals surface area contributed by atoms with Gasteiger partial charge in [-0.15, -0.1) is 0 Å². The van der Waals surface area contributed by atoms with Crippen molar-refractivity contribution in [3.63, 3.8) is 0 Å². The molecular formula is C15H21N3. The van der Waals surface area contributed by atoms with Gasteiger partial charge in [0.15, 0.2) is 0 Å². The molecule has 0 radical (unpaired) electrons. The number of nitrogens with one attached hydrogen (secondary N) is 1. The highest BCUT2D eigenvalue weighted by molar-refractivity contribution is 5.54. The normalized spacial score (nSPS) is 28.7. The number of benzene rings is 1. The van der Waals surface area contributed by atoms with E-state index in [1.165, 1.54) is 5.56 Å². The summed E-state index contributed by atoms with van der Waals surface area (Å²) in [5.41, 5.74) is 1.85. The SMILES string of the molecule is Cc1ccccc1NC1(C#N)CCN(C)C(C)C1. The minimum atomic E-state index is -0.419.